The van der Waals surface area contributed by atoms with Gasteiger partial charge in [-0.15, -0.1) is 0 Å². The minimum Gasteiger partial charge on any atom is -0.497 e. The summed E-state index contributed by atoms with van der Waals surface area (Å²) in [4.78, 5) is 25.3. The Hall–Kier alpha value is -2.89. The van der Waals surface area contributed by atoms with Crippen molar-refractivity contribution in [2.45, 2.75) is 18.4 Å². The van der Waals surface area contributed by atoms with Gasteiger partial charge in [-0.3, -0.25) is 4.79 Å². The summed E-state index contributed by atoms with van der Waals surface area (Å²) in [5, 5.41) is 3.08. The third-order valence-corrected chi connectivity index (χ3v) is 4.62. The Bertz CT molecular complexity index is 743. The van der Waals surface area contributed by atoms with Crippen LogP contribution in [0.3, 0.4) is 0 Å². The maximum absolute atomic E-state index is 12.6. The van der Waals surface area contributed by atoms with Crippen molar-refractivity contribution < 1.29 is 14.3 Å². The fourth-order valence-corrected chi connectivity index (χ4v) is 3.34. The maximum atomic E-state index is 12.6. The van der Waals surface area contributed by atoms with Crippen LogP contribution < -0.4 is 14.4 Å². The molecule has 0 spiro atoms. The second-order valence-corrected chi connectivity index (χ2v) is 5.92. The van der Waals surface area contributed by atoms with Crippen LogP contribution in [0.5, 0.6) is 11.5 Å². The Kier molecular flexibility index (Phi) is 4.97. The van der Waals surface area contributed by atoms with Crippen molar-refractivity contribution >= 4 is 11.6 Å². The maximum Gasteiger partial charge on any atom is 0.228 e. The number of benzene rings is 2. The molecule has 1 amide bonds. The lowest BCUT2D eigenvalue weighted by atomic mass is 9.91. The van der Waals surface area contributed by atoms with Gasteiger partial charge in [0.1, 0.15) is 18.0 Å². The molecule has 2 aromatic rings. The minimum atomic E-state index is -0.299. The molecule has 6 nitrogen and oxygen atoms in total. The van der Waals surface area contributed by atoms with Crippen LogP contribution in [0.15, 0.2) is 53.7 Å². The zero-order chi connectivity index (χ0) is 17.8. The third-order valence-electron chi connectivity index (χ3n) is 4.62. The van der Waals surface area contributed by atoms with Crippen molar-refractivity contribution in [3.63, 3.8) is 0 Å². The number of carbonyl (C=O) groups excluding carboxylic acids is 1. The molecule has 130 valence electrons. The number of nitrogens with zero attached hydrogens (tertiary/aromatic N) is 2. The van der Waals surface area contributed by atoms with Gasteiger partial charge in [0.05, 0.1) is 20.3 Å². The number of anilines is 1. The van der Waals surface area contributed by atoms with E-state index in [0.717, 1.165) is 17.0 Å². The van der Waals surface area contributed by atoms with Gasteiger partial charge in [-0.2, -0.15) is 4.91 Å². The minimum absolute atomic E-state index is 0.0142. The van der Waals surface area contributed by atoms with E-state index in [-0.39, 0.29) is 24.4 Å². The van der Waals surface area contributed by atoms with Crippen LogP contribution in [0.2, 0.25) is 0 Å². The van der Waals surface area contributed by atoms with Crippen molar-refractivity contribution in [2.75, 3.05) is 25.7 Å². The predicted octanol–water partition coefficient (Wildman–Crippen LogP) is 3.36. The third kappa shape index (κ3) is 3.33. The molecule has 1 aliphatic heterocycles. The smallest absolute Gasteiger partial charge is 0.228 e. The molecule has 3 rings (SSSR count). The van der Waals surface area contributed by atoms with Gasteiger partial charge in [0, 0.05) is 18.0 Å². The average Bonchev–Trinajstić information content (AvgIpc) is 2.98. The molecule has 0 radical (unpaired) electrons. The summed E-state index contributed by atoms with van der Waals surface area (Å²) in [5.41, 5.74) is 1.74. The van der Waals surface area contributed by atoms with Crippen LogP contribution in [0.1, 0.15) is 17.9 Å². The van der Waals surface area contributed by atoms with E-state index in [9.17, 15) is 9.70 Å². The van der Waals surface area contributed by atoms with E-state index in [1.54, 1.807) is 31.3 Å². The number of hydrogen-bond acceptors (Lipinski definition) is 5. The van der Waals surface area contributed by atoms with Crippen molar-refractivity contribution in [1.82, 2.24) is 0 Å². The van der Waals surface area contributed by atoms with Gasteiger partial charge in [-0.25, -0.2) is 0 Å². The monoisotopic (exact) mass is 340 g/mol. The van der Waals surface area contributed by atoms with E-state index in [1.165, 1.54) is 0 Å². The molecule has 0 bridgehead atoms. The zero-order valence-electron chi connectivity index (χ0n) is 14.2. The lowest BCUT2D eigenvalue weighted by molar-refractivity contribution is -0.117. The van der Waals surface area contributed by atoms with Crippen LogP contribution in [-0.4, -0.2) is 32.7 Å². The first-order valence-corrected chi connectivity index (χ1v) is 8.07. The molecule has 1 saturated heterocycles. The number of amides is 1. The number of nitroso groups, excluding NO2 is 1. The van der Waals surface area contributed by atoms with E-state index in [4.69, 9.17) is 9.47 Å². The topological polar surface area (TPSA) is 68.2 Å². The lowest BCUT2D eigenvalue weighted by Gasteiger charge is -2.26. The Labute approximate surface area is 146 Å². The quantitative estimate of drug-likeness (QED) is 0.756. The van der Waals surface area contributed by atoms with E-state index in [1.807, 2.05) is 36.4 Å². The first kappa shape index (κ1) is 17.0. The number of ether oxygens (including phenoxy) is 2. The molecule has 0 aliphatic carbocycles. The molecule has 25 heavy (non-hydrogen) atoms. The molecule has 2 atom stereocenters. The van der Waals surface area contributed by atoms with E-state index < -0.39 is 0 Å². The summed E-state index contributed by atoms with van der Waals surface area (Å²) in [6.07, 6.45) is 0.346. The largest absolute Gasteiger partial charge is 0.497 e. The van der Waals surface area contributed by atoms with Gasteiger partial charge in [0.15, 0.2) is 0 Å². The fraction of sp³-hybridized carbons (Fsp3) is 0.316. The van der Waals surface area contributed by atoms with Crippen LogP contribution >= 0.6 is 0 Å². The van der Waals surface area contributed by atoms with Gasteiger partial charge in [0.2, 0.25) is 5.91 Å². The Balaban J connectivity index is 1.92. The number of hydrogen-bond donors (Lipinski definition) is 0. The number of carbonyl (C=O) groups is 1. The van der Waals surface area contributed by atoms with Crippen molar-refractivity contribution in [3.8, 4) is 11.5 Å². The molecular formula is C19H20N2O4. The van der Waals surface area contributed by atoms with Gasteiger partial charge in [-0.05, 0) is 42.0 Å². The predicted molar refractivity (Wildman–Crippen MR) is 95.3 cm³/mol. The Morgan fingerprint density at radius 1 is 1.00 bits per heavy atom. The molecule has 0 N–H and O–H groups in total. The van der Waals surface area contributed by atoms with Gasteiger partial charge < -0.3 is 14.4 Å². The Morgan fingerprint density at radius 3 is 2.08 bits per heavy atom. The number of rotatable bonds is 6. The summed E-state index contributed by atoms with van der Waals surface area (Å²) in [6, 6.07) is 14.5. The highest BCUT2D eigenvalue weighted by atomic mass is 16.5. The summed E-state index contributed by atoms with van der Waals surface area (Å²) < 4.78 is 10.3. The van der Waals surface area contributed by atoms with Crippen LogP contribution in [0, 0.1) is 4.91 Å². The molecule has 1 unspecified atom stereocenters. The summed E-state index contributed by atoms with van der Waals surface area (Å²) >= 11 is 0. The summed E-state index contributed by atoms with van der Waals surface area (Å²) in [7, 11) is 3.20. The van der Waals surface area contributed by atoms with Gasteiger partial charge in [0.25, 0.3) is 0 Å². The second-order valence-electron chi connectivity index (χ2n) is 5.92. The molecule has 1 aliphatic rings. The molecule has 2 aromatic carbocycles. The van der Waals surface area contributed by atoms with Crippen molar-refractivity contribution in [3.05, 3.63) is 59.0 Å². The zero-order valence-corrected chi connectivity index (χ0v) is 14.2. The van der Waals surface area contributed by atoms with Gasteiger partial charge in [-0.1, -0.05) is 17.3 Å². The molecular weight excluding hydrogens is 320 g/mol. The van der Waals surface area contributed by atoms with Crippen molar-refractivity contribution in [2.24, 2.45) is 5.18 Å². The first-order chi connectivity index (χ1) is 12.2. The second kappa shape index (κ2) is 7.34. The molecule has 0 saturated carbocycles. The highest BCUT2D eigenvalue weighted by Gasteiger charge is 2.41. The normalized spacial score (nSPS) is 19.8. The van der Waals surface area contributed by atoms with Crippen LogP contribution in [0.25, 0.3) is 0 Å². The van der Waals surface area contributed by atoms with Gasteiger partial charge >= 0.3 is 0 Å². The highest BCUT2D eigenvalue weighted by molar-refractivity contribution is 5.97. The Morgan fingerprint density at radius 2 is 1.56 bits per heavy atom. The average molecular weight is 340 g/mol. The van der Waals surface area contributed by atoms with E-state index in [2.05, 4.69) is 5.18 Å². The lowest BCUT2D eigenvalue weighted by Crippen LogP contribution is -2.37. The highest BCUT2D eigenvalue weighted by Crippen LogP contribution is 2.38. The van der Waals surface area contributed by atoms with Crippen LogP contribution in [-0.2, 0) is 4.79 Å². The molecule has 0 aromatic heterocycles. The van der Waals surface area contributed by atoms with E-state index >= 15 is 0 Å². The summed E-state index contributed by atoms with van der Waals surface area (Å²) in [5.74, 6) is 1.37. The first-order valence-electron chi connectivity index (χ1n) is 8.07. The molecule has 6 heteroatoms. The van der Waals surface area contributed by atoms with E-state index in [0.29, 0.717) is 12.2 Å². The SMILES string of the molecule is COc1ccc(C2CC(=O)N(c3ccc(OC)cc3)[C@H]2CN=O)cc1. The van der Waals surface area contributed by atoms with Crippen molar-refractivity contribution in [1.29, 1.82) is 0 Å². The standard InChI is InChI=1S/C19H20N2O4/c1-24-15-7-3-13(4-8-15)17-11-19(22)21(18(17)12-20-23)14-5-9-16(25-2)10-6-14/h3-10,17-18H,11-12H2,1-2H3/t17?,18-/m0/s1. The molecule has 1 fully saturated rings. The summed E-state index contributed by atoms with van der Waals surface area (Å²) in [6.45, 7) is 0.0501. The molecule has 1 heterocycles. The fourth-order valence-electron chi connectivity index (χ4n) is 3.34. The number of methoxy groups -OCH3 is 2. The van der Waals surface area contributed by atoms with Crippen LogP contribution in [0.4, 0.5) is 5.69 Å².